The molecule has 2 rings (SSSR count). The first-order chi connectivity index (χ1) is 6.98. The van der Waals surface area contributed by atoms with Crippen molar-refractivity contribution in [3.05, 3.63) is 0 Å². The van der Waals surface area contributed by atoms with Crippen LogP contribution in [0.5, 0.6) is 0 Å². The average molecular weight is 212 g/mol. The van der Waals surface area contributed by atoms with Crippen molar-refractivity contribution in [2.45, 2.75) is 45.3 Å². The van der Waals surface area contributed by atoms with Gasteiger partial charge in [0.15, 0.2) is 0 Å². The Labute approximate surface area is 93.4 Å². The van der Waals surface area contributed by atoms with E-state index in [0.717, 1.165) is 13.2 Å². The number of hydrogen-bond acceptors (Lipinski definition) is 3. The molecule has 2 aliphatic rings. The summed E-state index contributed by atoms with van der Waals surface area (Å²) in [5.74, 6) is 0. The highest BCUT2D eigenvalue weighted by Gasteiger charge is 2.35. The highest BCUT2D eigenvalue weighted by atomic mass is 16.5. The fourth-order valence-corrected chi connectivity index (χ4v) is 2.75. The van der Waals surface area contributed by atoms with E-state index >= 15 is 0 Å². The fourth-order valence-electron chi connectivity index (χ4n) is 2.75. The largest absolute Gasteiger partial charge is 0.378 e. The standard InChI is InChI=1S/C12H24N2O/c1-10-7-13(11-8-15-9-11)5-6-14(10)12(2,3)4/h10-11H,5-9H2,1-4H3. The molecule has 0 spiro atoms. The van der Waals surface area contributed by atoms with Crippen LogP contribution in [0.2, 0.25) is 0 Å². The Kier molecular flexibility index (Phi) is 3.06. The number of nitrogens with zero attached hydrogens (tertiary/aromatic N) is 2. The van der Waals surface area contributed by atoms with Gasteiger partial charge in [-0.1, -0.05) is 0 Å². The van der Waals surface area contributed by atoms with Crippen LogP contribution in [0.15, 0.2) is 0 Å². The van der Waals surface area contributed by atoms with Crippen molar-refractivity contribution in [2.24, 2.45) is 0 Å². The van der Waals surface area contributed by atoms with E-state index < -0.39 is 0 Å². The van der Waals surface area contributed by atoms with Gasteiger partial charge in [0.25, 0.3) is 0 Å². The molecule has 0 saturated carbocycles. The van der Waals surface area contributed by atoms with Gasteiger partial charge < -0.3 is 4.74 Å². The molecule has 3 nitrogen and oxygen atoms in total. The van der Waals surface area contributed by atoms with Gasteiger partial charge in [0.2, 0.25) is 0 Å². The highest BCUT2D eigenvalue weighted by Crippen LogP contribution is 2.23. The average Bonchev–Trinajstić information content (AvgIpc) is 1.97. The fraction of sp³-hybridized carbons (Fsp3) is 1.00. The van der Waals surface area contributed by atoms with Crippen LogP contribution in [0, 0.1) is 0 Å². The van der Waals surface area contributed by atoms with Gasteiger partial charge in [0.1, 0.15) is 0 Å². The lowest BCUT2D eigenvalue weighted by Gasteiger charge is -2.50. The molecule has 2 saturated heterocycles. The Hall–Kier alpha value is -0.120. The normalized spacial score (nSPS) is 31.6. The third-order valence-electron chi connectivity index (χ3n) is 3.66. The minimum Gasteiger partial charge on any atom is -0.378 e. The minimum atomic E-state index is 0.307. The summed E-state index contributed by atoms with van der Waals surface area (Å²) in [5, 5.41) is 0. The van der Waals surface area contributed by atoms with Crippen molar-refractivity contribution in [1.82, 2.24) is 9.80 Å². The summed E-state index contributed by atoms with van der Waals surface area (Å²) in [6.45, 7) is 14.8. The molecule has 2 heterocycles. The van der Waals surface area contributed by atoms with Crippen LogP contribution in [-0.4, -0.2) is 60.3 Å². The van der Waals surface area contributed by atoms with Crippen LogP contribution in [0.3, 0.4) is 0 Å². The predicted molar refractivity (Wildman–Crippen MR) is 62.1 cm³/mol. The second-order valence-corrected chi connectivity index (χ2v) is 5.90. The molecule has 0 aromatic carbocycles. The van der Waals surface area contributed by atoms with Gasteiger partial charge in [-0.2, -0.15) is 0 Å². The molecule has 0 aliphatic carbocycles. The van der Waals surface area contributed by atoms with Crippen molar-refractivity contribution in [3.8, 4) is 0 Å². The van der Waals surface area contributed by atoms with Crippen molar-refractivity contribution < 1.29 is 4.74 Å². The Morgan fingerprint density at radius 3 is 2.20 bits per heavy atom. The van der Waals surface area contributed by atoms with E-state index in [4.69, 9.17) is 4.74 Å². The zero-order chi connectivity index (χ0) is 11.1. The highest BCUT2D eigenvalue weighted by molar-refractivity contribution is 4.90. The van der Waals surface area contributed by atoms with Crippen molar-refractivity contribution in [2.75, 3.05) is 32.8 Å². The monoisotopic (exact) mass is 212 g/mol. The van der Waals surface area contributed by atoms with Gasteiger partial charge in [0.05, 0.1) is 19.3 Å². The van der Waals surface area contributed by atoms with E-state index in [1.165, 1.54) is 19.6 Å². The molecule has 0 N–H and O–H groups in total. The molecule has 3 heteroatoms. The van der Waals surface area contributed by atoms with Crippen LogP contribution in [0.25, 0.3) is 0 Å². The SMILES string of the molecule is CC1CN(C2COC2)CCN1C(C)(C)C. The zero-order valence-corrected chi connectivity index (χ0v) is 10.5. The van der Waals surface area contributed by atoms with E-state index in [2.05, 4.69) is 37.5 Å². The predicted octanol–water partition coefficient (Wildman–Crippen LogP) is 1.19. The smallest absolute Gasteiger partial charge is 0.0645 e. The Bertz CT molecular complexity index is 220. The molecule has 0 bridgehead atoms. The molecule has 0 aromatic rings. The summed E-state index contributed by atoms with van der Waals surface area (Å²) >= 11 is 0. The van der Waals surface area contributed by atoms with E-state index in [1.807, 2.05) is 0 Å². The minimum absolute atomic E-state index is 0.307. The van der Waals surface area contributed by atoms with Crippen molar-refractivity contribution in [1.29, 1.82) is 0 Å². The van der Waals surface area contributed by atoms with E-state index in [-0.39, 0.29) is 0 Å². The molecular weight excluding hydrogens is 188 g/mol. The zero-order valence-electron chi connectivity index (χ0n) is 10.5. The van der Waals surface area contributed by atoms with Crippen LogP contribution < -0.4 is 0 Å². The molecule has 0 radical (unpaired) electrons. The number of rotatable bonds is 1. The maximum Gasteiger partial charge on any atom is 0.0645 e. The van der Waals surface area contributed by atoms with Crippen LogP contribution >= 0.6 is 0 Å². The number of piperazine rings is 1. The van der Waals surface area contributed by atoms with E-state index in [0.29, 0.717) is 17.6 Å². The van der Waals surface area contributed by atoms with Gasteiger partial charge in [-0.05, 0) is 27.7 Å². The topological polar surface area (TPSA) is 15.7 Å². The lowest BCUT2D eigenvalue weighted by atomic mass is 10.00. The Morgan fingerprint density at radius 1 is 1.13 bits per heavy atom. The second kappa shape index (κ2) is 4.04. The Morgan fingerprint density at radius 2 is 1.80 bits per heavy atom. The third-order valence-corrected chi connectivity index (χ3v) is 3.66. The third kappa shape index (κ3) is 2.35. The van der Waals surface area contributed by atoms with Gasteiger partial charge in [0, 0.05) is 31.2 Å². The summed E-state index contributed by atoms with van der Waals surface area (Å²) in [7, 11) is 0. The lowest BCUT2D eigenvalue weighted by molar-refractivity contribution is -0.0939. The second-order valence-electron chi connectivity index (χ2n) is 5.90. The maximum atomic E-state index is 5.26. The van der Waals surface area contributed by atoms with Crippen LogP contribution in [0.4, 0.5) is 0 Å². The van der Waals surface area contributed by atoms with Crippen LogP contribution in [-0.2, 0) is 4.74 Å². The van der Waals surface area contributed by atoms with Gasteiger partial charge in [-0.3, -0.25) is 9.80 Å². The Balaban J connectivity index is 1.90. The van der Waals surface area contributed by atoms with Crippen molar-refractivity contribution in [3.63, 3.8) is 0 Å². The summed E-state index contributed by atoms with van der Waals surface area (Å²) < 4.78 is 5.26. The molecule has 1 unspecified atom stereocenters. The molecule has 15 heavy (non-hydrogen) atoms. The first kappa shape index (κ1) is 11.4. The molecule has 0 amide bonds. The molecule has 2 aliphatic heterocycles. The summed E-state index contributed by atoms with van der Waals surface area (Å²) in [5.41, 5.74) is 0.307. The van der Waals surface area contributed by atoms with E-state index in [9.17, 15) is 0 Å². The number of ether oxygens (including phenoxy) is 1. The molecular formula is C12H24N2O. The molecule has 1 atom stereocenters. The lowest BCUT2D eigenvalue weighted by Crippen LogP contribution is -2.62. The van der Waals surface area contributed by atoms with Crippen molar-refractivity contribution >= 4 is 0 Å². The number of hydrogen-bond donors (Lipinski definition) is 0. The molecule has 0 aromatic heterocycles. The maximum absolute atomic E-state index is 5.26. The summed E-state index contributed by atoms with van der Waals surface area (Å²) in [4.78, 5) is 5.21. The molecule has 88 valence electrons. The first-order valence-electron chi connectivity index (χ1n) is 6.07. The van der Waals surface area contributed by atoms with Gasteiger partial charge in [-0.15, -0.1) is 0 Å². The summed E-state index contributed by atoms with van der Waals surface area (Å²) in [6, 6.07) is 1.37. The molecule has 2 fully saturated rings. The summed E-state index contributed by atoms with van der Waals surface area (Å²) in [6.07, 6.45) is 0. The quantitative estimate of drug-likeness (QED) is 0.649. The first-order valence-corrected chi connectivity index (χ1v) is 6.07. The van der Waals surface area contributed by atoms with Gasteiger partial charge in [-0.25, -0.2) is 0 Å². The van der Waals surface area contributed by atoms with E-state index in [1.54, 1.807) is 0 Å². The van der Waals surface area contributed by atoms with Crippen LogP contribution in [0.1, 0.15) is 27.7 Å². The van der Waals surface area contributed by atoms with Gasteiger partial charge >= 0.3 is 0 Å².